The van der Waals surface area contributed by atoms with E-state index in [2.05, 4.69) is 24.0 Å². The number of para-hydroxylation sites is 1. The second-order valence-corrected chi connectivity index (χ2v) is 5.16. The van der Waals surface area contributed by atoms with Crippen LogP contribution in [0, 0.1) is 5.92 Å². The minimum atomic E-state index is 0.498. The molecule has 0 atom stereocenters. The highest BCUT2D eigenvalue weighted by atomic mass is 32.1. The Hall–Kier alpha value is -1.09. The molecule has 0 saturated carbocycles. The number of hydrogen-bond donors (Lipinski definition) is 1. The second kappa shape index (κ2) is 5.50. The maximum absolute atomic E-state index is 5.78. The van der Waals surface area contributed by atoms with Crippen molar-refractivity contribution >= 4 is 22.9 Å². The van der Waals surface area contributed by atoms with Crippen LogP contribution in [0.5, 0.6) is 0 Å². The molecule has 0 aromatic heterocycles. The van der Waals surface area contributed by atoms with Gasteiger partial charge >= 0.3 is 0 Å². The maximum atomic E-state index is 5.78. The van der Waals surface area contributed by atoms with E-state index in [9.17, 15) is 0 Å². The molecule has 1 fully saturated rings. The first-order valence-electron chi connectivity index (χ1n) is 6.36. The highest BCUT2D eigenvalue weighted by Gasteiger charge is 2.20. The molecule has 0 aliphatic carbocycles. The largest absolute Gasteiger partial charge is 0.389 e. The Morgan fingerprint density at radius 3 is 2.59 bits per heavy atom. The van der Waals surface area contributed by atoms with Gasteiger partial charge in [0.1, 0.15) is 4.99 Å². The third kappa shape index (κ3) is 2.78. The van der Waals surface area contributed by atoms with Gasteiger partial charge in [-0.05, 0) is 30.9 Å². The van der Waals surface area contributed by atoms with Gasteiger partial charge in [-0.15, -0.1) is 0 Å². The van der Waals surface area contributed by atoms with E-state index in [-0.39, 0.29) is 0 Å². The van der Waals surface area contributed by atoms with Crippen LogP contribution in [0.4, 0.5) is 5.69 Å². The smallest absolute Gasteiger partial charge is 0.106 e. The van der Waals surface area contributed by atoms with Crippen LogP contribution < -0.4 is 10.6 Å². The van der Waals surface area contributed by atoms with Crippen molar-refractivity contribution in [3.05, 3.63) is 29.8 Å². The predicted molar refractivity (Wildman–Crippen MR) is 77.6 cm³/mol. The predicted octanol–water partition coefficient (Wildman–Crippen LogP) is 2.95. The molecular weight excluding hydrogens is 228 g/mol. The van der Waals surface area contributed by atoms with Crippen LogP contribution in [-0.2, 0) is 0 Å². The third-order valence-electron chi connectivity index (χ3n) is 3.70. The SMILES string of the molecule is CCC1CCN(c2ccccc2C(N)=S)CC1. The topological polar surface area (TPSA) is 29.3 Å². The number of benzene rings is 1. The van der Waals surface area contributed by atoms with E-state index in [1.165, 1.54) is 24.9 Å². The minimum Gasteiger partial charge on any atom is -0.389 e. The van der Waals surface area contributed by atoms with E-state index in [4.69, 9.17) is 18.0 Å². The van der Waals surface area contributed by atoms with E-state index in [0.29, 0.717) is 4.99 Å². The summed E-state index contributed by atoms with van der Waals surface area (Å²) in [6, 6.07) is 8.20. The Kier molecular flexibility index (Phi) is 4.00. The maximum Gasteiger partial charge on any atom is 0.106 e. The number of nitrogens with two attached hydrogens (primary N) is 1. The lowest BCUT2D eigenvalue weighted by molar-refractivity contribution is 0.395. The summed E-state index contributed by atoms with van der Waals surface area (Å²) in [6.07, 6.45) is 3.86. The highest BCUT2D eigenvalue weighted by molar-refractivity contribution is 7.80. The van der Waals surface area contributed by atoms with Crippen LogP contribution >= 0.6 is 12.2 Å². The lowest BCUT2D eigenvalue weighted by atomic mass is 9.94. The van der Waals surface area contributed by atoms with Gasteiger partial charge in [0.25, 0.3) is 0 Å². The summed E-state index contributed by atoms with van der Waals surface area (Å²) in [5.74, 6) is 0.892. The molecule has 3 heteroatoms. The molecule has 0 bridgehead atoms. The standard InChI is InChI=1S/C14H20N2S/c1-2-11-7-9-16(10-8-11)13-6-4-3-5-12(13)14(15)17/h3-6,11H,2,7-10H2,1H3,(H2,15,17). The van der Waals surface area contributed by atoms with Crippen molar-refractivity contribution in [3.63, 3.8) is 0 Å². The van der Waals surface area contributed by atoms with Gasteiger partial charge in [-0.3, -0.25) is 0 Å². The van der Waals surface area contributed by atoms with Crippen LogP contribution in [0.25, 0.3) is 0 Å². The first-order valence-corrected chi connectivity index (χ1v) is 6.77. The van der Waals surface area contributed by atoms with Crippen LogP contribution in [0.2, 0.25) is 0 Å². The number of thiocarbonyl (C=S) groups is 1. The van der Waals surface area contributed by atoms with Crippen molar-refractivity contribution in [2.24, 2.45) is 11.7 Å². The Labute approximate surface area is 109 Å². The third-order valence-corrected chi connectivity index (χ3v) is 3.92. The number of piperidine rings is 1. The normalized spacial score (nSPS) is 17.1. The molecule has 1 aliphatic rings. The van der Waals surface area contributed by atoms with Gasteiger partial charge in [0, 0.05) is 24.3 Å². The Balaban J connectivity index is 2.15. The molecule has 1 aromatic rings. The summed E-state index contributed by atoms with van der Waals surface area (Å²) >= 11 is 5.12. The summed E-state index contributed by atoms with van der Waals surface area (Å²) < 4.78 is 0. The average Bonchev–Trinajstić information content (AvgIpc) is 2.39. The Morgan fingerprint density at radius 1 is 1.35 bits per heavy atom. The monoisotopic (exact) mass is 248 g/mol. The molecule has 1 saturated heterocycles. The fourth-order valence-electron chi connectivity index (χ4n) is 2.54. The molecule has 2 rings (SSSR count). The lowest BCUT2D eigenvalue weighted by Crippen LogP contribution is -2.34. The first kappa shape index (κ1) is 12.4. The molecule has 2 N–H and O–H groups in total. The fourth-order valence-corrected chi connectivity index (χ4v) is 2.71. The second-order valence-electron chi connectivity index (χ2n) is 4.72. The molecule has 92 valence electrons. The summed E-state index contributed by atoms with van der Waals surface area (Å²) in [7, 11) is 0. The van der Waals surface area contributed by atoms with Crippen molar-refractivity contribution in [1.82, 2.24) is 0 Å². The lowest BCUT2D eigenvalue weighted by Gasteiger charge is -2.34. The summed E-state index contributed by atoms with van der Waals surface area (Å²) in [5, 5.41) is 0. The van der Waals surface area contributed by atoms with Gasteiger partial charge in [0.15, 0.2) is 0 Å². The zero-order valence-corrected chi connectivity index (χ0v) is 11.2. The van der Waals surface area contributed by atoms with Gasteiger partial charge in [0.2, 0.25) is 0 Å². The zero-order valence-electron chi connectivity index (χ0n) is 10.4. The zero-order chi connectivity index (χ0) is 12.3. The van der Waals surface area contributed by atoms with E-state index in [0.717, 1.165) is 24.6 Å². The molecule has 0 unspecified atom stereocenters. The molecule has 0 amide bonds. The summed E-state index contributed by atoms with van der Waals surface area (Å²) in [4.78, 5) is 2.92. The summed E-state index contributed by atoms with van der Waals surface area (Å²) in [6.45, 7) is 4.53. The molecule has 17 heavy (non-hydrogen) atoms. The molecule has 1 heterocycles. The molecule has 2 nitrogen and oxygen atoms in total. The van der Waals surface area contributed by atoms with Gasteiger partial charge < -0.3 is 10.6 Å². The quantitative estimate of drug-likeness (QED) is 0.834. The van der Waals surface area contributed by atoms with Crippen LogP contribution in [-0.4, -0.2) is 18.1 Å². The number of nitrogens with zero attached hydrogens (tertiary/aromatic N) is 1. The van der Waals surface area contributed by atoms with Gasteiger partial charge in [0.05, 0.1) is 0 Å². The van der Waals surface area contributed by atoms with E-state index in [1.54, 1.807) is 0 Å². The molecule has 1 aromatic carbocycles. The number of anilines is 1. The van der Waals surface area contributed by atoms with Crippen molar-refractivity contribution in [1.29, 1.82) is 0 Å². The Bertz CT molecular complexity index is 395. The van der Waals surface area contributed by atoms with E-state index in [1.807, 2.05) is 12.1 Å². The van der Waals surface area contributed by atoms with E-state index >= 15 is 0 Å². The Morgan fingerprint density at radius 2 is 2.00 bits per heavy atom. The highest BCUT2D eigenvalue weighted by Crippen LogP contribution is 2.27. The summed E-state index contributed by atoms with van der Waals surface area (Å²) in [5.41, 5.74) is 7.99. The molecule has 0 radical (unpaired) electrons. The number of hydrogen-bond acceptors (Lipinski definition) is 2. The van der Waals surface area contributed by atoms with Crippen molar-refractivity contribution in [3.8, 4) is 0 Å². The van der Waals surface area contributed by atoms with Crippen LogP contribution in [0.1, 0.15) is 31.7 Å². The first-order chi connectivity index (χ1) is 8.22. The van der Waals surface area contributed by atoms with Gasteiger partial charge in [-0.2, -0.15) is 0 Å². The minimum absolute atomic E-state index is 0.498. The molecule has 1 aliphatic heterocycles. The van der Waals surface area contributed by atoms with Crippen LogP contribution in [0.3, 0.4) is 0 Å². The number of rotatable bonds is 3. The van der Waals surface area contributed by atoms with Crippen LogP contribution in [0.15, 0.2) is 24.3 Å². The van der Waals surface area contributed by atoms with Gasteiger partial charge in [-0.1, -0.05) is 37.7 Å². The molecular formula is C14H20N2S. The van der Waals surface area contributed by atoms with Crippen molar-refractivity contribution in [2.75, 3.05) is 18.0 Å². The molecule has 0 spiro atoms. The van der Waals surface area contributed by atoms with Crippen molar-refractivity contribution < 1.29 is 0 Å². The van der Waals surface area contributed by atoms with Crippen molar-refractivity contribution in [2.45, 2.75) is 26.2 Å². The van der Waals surface area contributed by atoms with E-state index < -0.39 is 0 Å². The van der Waals surface area contributed by atoms with Gasteiger partial charge in [-0.25, -0.2) is 0 Å². The fraction of sp³-hybridized carbons (Fsp3) is 0.500. The average molecular weight is 248 g/mol.